The molecular formula is C14H11BrF2. The van der Waals surface area contributed by atoms with E-state index in [1.807, 2.05) is 31.2 Å². The second kappa shape index (κ2) is 4.96. The summed E-state index contributed by atoms with van der Waals surface area (Å²) >= 11 is 3.34. The standard InChI is InChI=1S/C14H11BrF2/c1-9-5-7-10(8-6-9)14(15)13-11(16)3-2-4-12(13)17/h2-8,14H,1H3. The SMILES string of the molecule is Cc1ccc(C(Br)c2c(F)cccc2F)cc1. The van der Waals surface area contributed by atoms with Crippen LogP contribution in [0.25, 0.3) is 0 Å². The van der Waals surface area contributed by atoms with Gasteiger partial charge in [0.15, 0.2) is 0 Å². The molecule has 3 heteroatoms. The summed E-state index contributed by atoms with van der Waals surface area (Å²) < 4.78 is 27.2. The van der Waals surface area contributed by atoms with Gasteiger partial charge < -0.3 is 0 Å². The first kappa shape index (κ1) is 12.2. The summed E-state index contributed by atoms with van der Waals surface area (Å²) in [5.41, 5.74) is 2.00. The molecule has 0 aliphatic rings. The second-order valence-electron chi connectivity index (χ2n) is 3.91. The van der Waals surface area contributed by atoms with Crippen LogP contribution in [0.15, 0.2) is 42.5 Å². The van der Waals surface area contributed by atoms with Crippen molar-refractivity contribution in [2.75, 3.05) is 0 Å². The van der Waals surface area contributed by atoms with E-state index in [4.69, 9.17) is 0 Å². The largest absolute Gasteiger partial charge is 0.207 e. The smallest absolute Gasteiger partial charge is 0.130 e. The highest BCUT2D eigenvalue weighted by Gasteiger charge is 2.18. The third kappa shape index (κ3) is 2.55. The molecule has 2 aromatic rings. The molecule has 0 amide bonds. The Labute approximate surface area is 107 Å². The minimum absolute atomic E-state index is 0.0522. The van der Waals surface area contributed by atoms with Crippen molar-refractivity contribution < 1.29 is 8.78 Å². The monoisotopic (exact) mass is 296 g/mol. The summed E-state index contributed by atoms with van der Waals surface area (Å²) in [4.78, 5) is -0.468. The van der Waals surface area contributed by atoms with Gasteiger partial charge in [-0.1, -0.05) is 51.8 Å². The van der Waals surface area contributed by atoms with Crippen LogP contribution in [0, 0.1) is 18.6 Å². The molecule has 2 rings (SSSR count). The van der Waals surface area contributed by atoms with Crippen molar-refractivity contribution in [2.24, 2.45) is 0 Å². The average molecular weight is 297 g/mol. The van der Waals surface area contributed by atoms with Crippen LogP contribution in [0.3, 0.4) is 0 Å². The Bertz CT molecular complexity index is 500. The first-order valence-electron chi connectivity index (χ1n) is 5.24. The molecule has 0 spiro atoms. The van der Waals surface area contributed by atoms with E-state index >= 15 is 0 Å². The quantitative estimate of drug-likeness (QED) is 0.701. The number of alkyl halides is 1. The van der Waals surface area contributed by atoms with Crippen LogP contribution >= 0.6 is 15.9 Å². The lowest BCUT2D eigenvalue weighted by molar-refractivity contribution is 0.561. The Morgan fingerprint density at radius 1 is 0.941 bits per heavy atom. The first-order chi connectivity index (χ1) is 8.09. The highest BCUT2D eigenvalue weighted by Crippen LogP contribution is 2.34. The van der Waals surface area contributed by atoms with Crippen LogP contribution in [0.2, 0.25) is 0 Å². The van der Waals surface area contributed by atoms with Crippen molar-refractivity contribution in [1.29, 1.82) is 0 Å². The zero-order chi connectivity index (χ0) is 12.4. The summed E-state index contributed by atoms with van der Waals surface area (Å²) in [5.74, 6) is -1.07. The van der Waals surface area contributed by atoms with E-state index in [0.29, 0.717) is 0 Å². The highest BCUT2D eigenvalue weighted by atomic mass is 79.9. The molecular weight excluding hydrogens is 286 g/mol. The van der Waals surface area contributed by atoms with Gasteiger partial charge in [-0.25, -0.2) is 8.78 Å². The van der Waals surface area contributed by atoms with Gasteiger partial charge in [-0.15, -0.1) is 0 Å². The van der Waals surface area contributed by atoms with Crippen molar-refractivity contribution in [3.8, 4) is 0 Å². The normalized spacial score (nSPS) is 12.5. The van der Waals surface area contributed by atoms with E-state index < -0.39 is 16.5 Å². The van der Waals surface area contributed by atoms with Crippen LogP contribution in [0.4, 0.5) is 8.78 Å². The molecule has 0 bridgehead atoms. The predicted molar refractivity (Wildman–Crippen MR) is 68.3 cm³/mol. The fraction of sp³-hybridized carbons (Fsp3) is 0.143. The minimum atomic E-state index is -0.535. The van der Waals surface area contributed by atoms with Gasteiger partial charge >= 0.3 is 0 Å². The van der Waals surface area contributed by atoms with E-state index in [0.717, 1.165) is 11.1 Å². The molecule has 2 aromatic carbocycles. The van der Waals surface area contributed by atoms with Gasteiger partial charge in [0.2, 0.25) is 0 Å². The molecule has 0 fully saturated rings. The lowest BCUT2D eigenvalue weighted by Gasteiger charge is -2.12. The number of aryl methyl sites for hydroxylation is 1. The summed E-state index contributed by atoms with van der Waals surface area (Å²) in [6, 6.07) is 11.5. The predicted octanol–water partition coefficient (Wildman–Crippen LogP) is 4.76. The molecule has 0 heterocycles. The molecule has 1 atom stereocenters. The summed E-state index contributed by atoms with van der Waals surface area (Å²) in [7, 11) is 0. The van der Waals surface area contributed by atoms with Crippen molar-refractivity contribution in [3.63, 3.8) is 0 Å². The Morgan fingerprint density at radius 3 is 2.00 bits per heavy atom. The lowest BCUT2D eigenvalue weighted by atomic mass is 10.0. The molecule has 88 valence electrons. The zero-order valence-electron chi connectivity index (χ0n) is 9.25. The third-order valence-electron chi connectivity index (χ3n) is 2.62. The molecule has 0 saturated heterocycles. The highest BCUT2D eigenvalue weighted by molar-refractivity contribution is 9.09. The van der Waals surface area contributed by atoms with Crippen LogP contribution in [-0.4, -0.2) is 0 Å². The summed E-state index contributed by atoms with van der Waals surface area (Å²) in [6.07, 6.45) is 0. The molecule has 17 heavy (non-hydrogen) atoms. The van der Waals surface area contributed by atoms with Gasteiger partial charge in [-0.3, -0.25) is 0 Å². The second-order valence-corrected chi connectivity index (χ2v) is 4.82. The maximum Gasteiger partial charge on any atom is 0.130 e. The number of hydrogen-bond donors (Lipinski definition) is 0. The number of halogens is 3. The van der Waals surface area contributed by atoms with Crippen molar-refractivity contribution in [3.05, 3.63) is 70.8 Å². The maximum atomic E-state index is 13.6. The molecule has 0 aliphatic carbocycles. The fourth-order valence-corrected chi connectivity index (χ4v) is 2.40. The Balaban J connectivity index is 2.43. The van der Waals surface area contributed by atoms with E-state index in [1.54, 1.807) is 0 Å². The van der Waals surface area contributed by atoms with Gasteiger partial charge in [0.1, 0.15) is 11.6 Å². The number of hydrogen-bond acceptors (Lipinski definition) is 0. The van der Waals surface area contributed by atoms with E-state index in [9.17, 15) is 8.78 Å². The van der Waals surface area contributed by atoms with Crippen LogP contribution in [-0.2, 0) is 0 Å². The van der Waals surface area contributed by atoms with E-state index in [2.05, 4.69) is 15.9 Å². The topological polar surface area (TPSA) is 0 Å². The first-order valence-corrected chi connectivity index (χ1v) is 6.15. The Kier molecular flexibility index (Phi) is 3.57. The van der Waals surface area contributed by atoms with Crippen molar-refractivity contribution >= 4 is 15.9 Å². The molecule has 0 saturated carbocycles. The molecule has 0 N–H and O–H groups in total. The zero-order valence-corrected chi connectivity index (χ0v) is 10.8. The van der Waals surface area contributed by atoms with Gasteiger partial charge in [0.05, 0.1) is 4.83 Å². The van der Waals surface area contributed by atoms with Gasteiger partial charge in [0.25, 0.3) is 0 Å². The van der Waals surface area contributed by atoms with Crippen LogP contribution in [0.5, 0.6) is 0 Å². The molecule has 0 aromatic heterocycles. The number of benzene rings is 2. The minimum Gasteiger partial charge on any atom is -0.207 e. The van der Waals surface area contributed by atoms with Gasteiger partial charge in [-0.05, 0) is 24.6 Å². The van der Waals surface area contributed by atoms with E-state index in [1.165, 1.54) is 18.2 Å². The van der Waals surface area contributed by atoms with Gasteiger partial charge in [0, 0.05) is 5.56 Å². The average Bonchev–Trinajstić information content (AvgIpc) is 2.29. The van der Waals surface area contributed by atoms with E-state index in [-0.39, 0.29) is 5.56 Å². The number of rotatable bonds is 2. The maximum absolute atomic E-state index is 13.6. The summed E-state index contributed by atoms with van der Waals surface area (Å²) in [6.45, 7) is 1.97. The molecule has 0 radical (unpaired) electrons. The lowest BCUT2D eigenvalue weighted by Crippen LogP contribution is -2.00. The van der Waals surface area contributed by atoms with Crippen LogP contribution in [0.1, 0.15) is 21.5 Å². The van der Waals surface area contributed by atoms with Crippen molar-refractivity contribution in [1.82, 2.24) is 0 Å². The van der Waals surface area contributed by atoms with Gasteiger partial charge in [-0.2, -0.15) is 0 Å². The summed E-state index contributed by atoms with van der Waals surface area (Å²) in [5, 5.41) is 0. The Hall–Kier alpha value is -1.22. The van der Waals surface area contributed by atoms with Crippen molar-refractivity contribution in [2.45, 2.75) is 11.8 Å². The van der Waals surface area contributed by atoms with Crippen LogP contribution < -0.4 is 0 Å². The molecule has 1 unspecified atom stereocenters. The molecule has 0 aliphatic heterocycles. The Morgan fingerprint density at radius 2 is 1.47 bits per heavy atom. The fourth-order valence-electron chi connectivity index (χ4n) is 1.65. The molecule has 0 nitrogen and oxygen atoms in total. The third-order valence-corrected chi connectivity index (χ3v) is 3.61.